The van der Waals surface area contributed by atoms with Gasteiger partial charge in [0.05, 0.1) is 33.0 Å². The Morgan fingerprint density at radius 2 is 1.24 bits per heavy atom. The Balaban J connectivity index is 1.49. The normalized spacial score (nSPS) is 21.0. The van der Waals surface area contributed by atoms with Gasteiger partial charge in [0, 0.05) is 18.1 Å². The van der Waals surface area contributed by atoms with Crippen molar-refractivity contribution >= 4 is 19.9 Å². The highest BCUT2D eigenvalue weighted by Gasteiger charge is 2.58. The summed E-state index contributed by atoms with van der Waals surface area (Å²) >= 11 is 7.00. The molecule has 5 aromatic carbocycles. The van der Waals surface area contributed by atoms with Crippen molar-refractivity contribution in [3.63, 3.8) is 0 Å². The second kappa shape index (κ2) is 20.6. The van der Waals surface area contributed by atoms with Crippen LogP contribution in [0.3, 0.4) is 0 Å². The Bertz CT molecular complexity index is 2010. The van der Waals surface area contributed by atoms with Gasteiger partial charge in [0.25, 0.3) is 0 Å². The maximum atomic E-state index is 11.1. The van der Waals surface area contributed by atoms with Gasteiger partial charge in [0.2, 0.25) is 0 Å². The Morgan fingerprint density at radius 3 is 1.76 bits per heavy atom. The fourth-order valence-corrected chi connectivity index (χ4v) is 8.60. The van der Waals surface area contributed by atoms with Crippen molar-refractivity contribution in [2.24, 2.45) is 0 Å². The summed E-state index contributed by atoms with van der Waals surface area (Å²) in [4.78, 5) is 0. The predicted molar refractivity (Wildman–Crippen MR) is 238 cm³/mol. The van der Waals surface area contributed by atoms with E-state index in [2.05, 4.69) is 76.3 Å². The summed E-state index contributed by atoms with van der Waals surface area (Å²) in [5, 5.41) is 11.7. The molecule has 7 nitrogen and oxygen atoms in total. The van der Waals surface area contributed by atoms with E-state index in [1.54, 1.807) is 0 Å². The maximum absolute atomic E-state index is 11.1. The first-order valence-electron chi connectivity index (χ1n) is 20.8. The summed E-state index contributed by atoms with van der Waals surface area (Å²) < 4.78 is 41.4. The number of aliphatic hydroxyl groups is 1. The van der Waals surface area contributed by atoms with E-state index in [0.29, 0.717) is 31.3 Å². The third kappa shape index (κ3) is 11.5. The average Bonchev–Trinajstić information content (AvgIpc) is 3.23. The first-order valence-corrected chi connectivity index (χ1v) is 24.1. The van der Waals surface area contributed by atoms with E-state index in [9.17, 15) is 5.11 Å². The van der Waals surface area contributed by atoms with Gasteiger partial charge in [-0.05, 0) is 83.1 Å². The third-order valence-corrected chi connectivity index (χ3v) is 16.6. The molecule has 0 aromatic heterocycles. The van der Waals surface area contributed by atoms with Gasteiger partial charge < -0.3 is 33.2 Å². The first-order chi connectivity index (χ1) is 28.4. The van der Waals surface area contributed by atoms with Crippen LogP contribution < -0.4 is 4.74 Å². The molecule has 5 atom stereocenters. The zero-order chi connectivity index (χ0) is 41.9. The van der Waals surface area contributed by atoms with Crippen LogP contribution in [0.1, 0.15) is 67.5 Å². The molecule has 9 heteroatoms. The molecule has 0 aliphatic carbocycles. The van der Waals surface area contributed by atoms with Crippen LogP contribution in [0.5, 0.6) is 5.75 Å². The Kier molecular flexibility index (Phi) is 15.6. The van der Waals surface area contributed by atoms with Crippen LogP contribution in [0.15, 0.2) is 133 Å². The van der Waals surface area contributed by atoms with Crippen LogP contribution in [-0.4, -0.2) is 57.7 Å². The molecule has 0 bridgehead atoms. The lowest BCUT2D eigenvalue weighted by Gasteiger charge is -2.54. The van der Waals surface area contributed by atoms with Gasteiger partial charge in [-0.3, -0.25) is 0 Å². The summed E-state index contributed by atoms with van der Waals surface area (Å²) in [5.74, 6) is 0.823. The lowest BCUT2D eigenvalue weighted by Crippen LogP contribution is -2.66. The molecule has 59 heavy (non-hydrogen) atoms. The van der Waals surface area contributed by atoms with Gasteiger partial charge in [0.1, 0.15) is 35.8 Å². The monoisotopic (exact) mass is 836 g/mol. The molecule has 1 fully saturated rings. The number of hydrogen-bond acceptors (Lipinski definition) is 7. The Labute approximate surface area is 357 Å². The van der Waals surface area contributed by atoms with Crippen molar-refractivity contribution in [1.82, 2.24) is 0 Å². The lowest BCUT2D eigenvalue weighted by atomic mass is 9.76. The number of ether oxygens (including phenoxy) is 5. The van der Waals surface area contributed by atoms with Crippen LogP contribution in [0.25, 0.3) is 0 Å². The van der Waals surface area contributed by atoms with E-state index in [4.69, 9.17) is 39.7 Å². The number of hydrogen-bond donors (Lipinski definition) is 1. The lowest BCUT2D eigenvalue weighted by molar-refractivity contribution is -0.313. The molecule has 6 rings (SSSR count). The summed E-state index contributed by atoms with van der Waals surface area (Å²) in [6.07, 6.45) is -1.78. The van der Waals surface area contributed by atoms with Crippen molar-refractivity contribution < 1.29 is 33.2 Å². The quantitative estimate of drug-likeness (QED) is 0.0830. The molecule has 5 aromatic rings. The molecule has 0 saturated carbocycles. The van der Waals surface area contributed by atoms with Crippen molar-refractivity contribution in [2.75, 3.05) is 19.8 Å². The molecule has 0 unspecified atom stereocenters. The van der Waals surface area contributed by atoms with Crippen molar-refractivity contribution in [3.8, 4) is 5.75 Å². The van der Waals surface area contributed by atoms with Gasteiger partial charge in [-0.15, -0.1) is 0 Å². The molecule has 0 spiro atoms. The van der Waals surface area contributed by atoms with E-state index in [1.165, 1.54) is 0 Å². The molecule has 1 aliphatic rings. The maximum Gasteiger partial charge on any atom is 0.192 e. The molecule has 314 valence electrons. The fraction of sp³-hybridized carbons (Fsp3) is 0.400. The zero-order valence-corrected chi connectivity index (χ0v) is 37.2. The van der Waals surface area contributed by atoms with Gasteiger partial charge in [-0.25, -0.2) is 0 Å². The van der Waals surface area contributed by atoms with Crippen molar-refractivity contribution in [3.05, 3.63) is 172 Å². The molecular formula is C50H61ClO7Si. The fourth-order valence-electron chi connectivity index (χ4n) is 7.40. The van der Waals surface area contributed by atoms with E-state index in [1.807, 2.05) is 97.9 Å². The van der Waals surface area contributed by atoms with Crippen LogP contribution in [0, 0.1) is 0 Å². The summed E-state index contributed by atoms with van der Waals surface area (Å²) in [6, 6.07) is 44.6. The number of rotatable bonds is 19. The molecule has 0 radical (unpaired) electrons. The zero-order valence-electron chi connectivity index (χ0n) is 35.4. The minimum Gasteiger partial charge on any atom is -0.494 e. The van der Waals surface area contributed by atoms with Gasteiger partial charge in [-0.2, -0.15) is 0 Å². The molecule has 1 N–H and O–H groups in total. The minimum atomic E-state index is -2.27. The number of aliphatic hydroxyl groups excluding tert-OH is 1. The summed E-state index contributed by atoms with van der Waals surface area (Å²) in [5.41, 5.74) is 4.71. The van der Waals surface area contributed by atoms with E-state index in [0.717, 1.165) is 39.1 Å². The second-order valence-electron chi connectivity index (χ2n) is 16.9. The smallest absolute Gasteiger partial charge is 0.192 e. The third-order valence-electron chi connectivity index (χ3n) is 11.7. The highest BCUT2D eigenvalue weighted by atomic mass is 35.5. The molecule has 1 aliphatic heterocycles. The summed E-state index contributed by atoms with van der Waals surface area (Å²) in [6.45, 7) is 14.8. The number of halogens is 1. The van der Waals surface area contributed by atoms with E-state index >= 15 is 0 Å². The molecule has 1 saturated heterocycles. The molecular weight excluding hydrogens is 776 g/mol. The van der Waals surface area contributed by atoms with Crippen LogP contribution >= 0.6 is 11.6 Å². The molecule has 0 amide bonds. The van der Waals surface area contributed by atoms with Gasteiger partial charge in [-0.1, -0.05) is 148 Å². The highest BCUT2D eigenvalue weighted by molar-refractivity contribution is 6.74. The van der Waals surface area contributed by atoms with Gasteiger partial charge >= 0.3 is 0 Å². The Hall–Kier alpha value is -3.83. The highest BCUT2D eigenvalue weighted by Crippen LogP contribution is 2.47. The predicted octanol–water partition coefficient (Wildman–Crippen LogP) is 11.1. The van der Waals surface area contributed by atoms with Crippen LogP contribution in [0.2, 0.25) is 23.2 Å². The average molecular weight is 838 g/mol. The largest absolute Gasteiger partial charge is 0.494 e. The number of benzene rings is 5. The van der Waals surface area contributed by atoms with E-state index in [-0.39, 0.29) is 31.3 Å². The summed E-state index contributed by atoms with van der Waals surface area (Å²) in [7, 11) is -2.27. The minimum absolute atomic E-state index is 0.0409. The Morgan fingerprint density at radius 1 is 0.695 bits per heavy atom. The van der Waals surface area contributed by atoms with Crippen molar-refractivity contribution in [2.45, 2.75) is 109 Å². The van der Waals surface area contributed by atoms with Crippen molar-refractivity contribution in [1.29, 1.82) is 0 Å². The standard InChI is InChI=1S/C50H61ClO7Si/c1-7-53-43-26-23-37(24-27-43)31-41-32-42(25-28-44(41)51)50(29-30-52)48(56-35-40-21-15-10-16-22-40)47(55-34-39-19-13-9-14-20-39)46(54-33-38-17-11-8-12-18-38)45(58-50)36-57-59(5,6)49(2,3)4/h8-28,32,45-48,52H,7,29-31,33-36H2,1-6H3/t45-,46-,47+,48-,50+/m1/s1. The molecule has 1 heterocycles. The first kappa shape index (κ1) is 44.7. The van der Waals surface area contributed by atoms with Crippen LogP contribution in [0.4, 0.5) is 0 Å². The SMILES string of the molecule is CCOc1ccc(Cc2cc([C@]3(CCO)O[C@H](CO[Si](C)(C)C(C)(C)C)[C@@H](OCc4ccccc4)[C@H](OCc4ccccc4)[C@H]3OCc3ccccc3)ccc2Cl)cc1. The van der Waals surface area contributed by atoms with Crippen LogP contribution in [-0.2, 0) is 55.2 Å². The second-order valence-corrected chi connectivity index (χ2v) is 22.1. The van der Waals surface area contributed by atoms with E-state index < -0.39 is 38.3 Å². The topological polar surface area (TPSA) is 75.6 Å². The van der Waals surface area contributed by atoms with Gasteiger partial charge in [0.15, 0.2) is 8.32 Å².